The number of aldehydes is 1. The number of hydrogen-bond acceptors (Lipinski definition) is 6. The highest BCUT2D eigenvalue weighted by Gasteiger charge is 2.33. The molecule has 0 atom stereocenters. The lowest BCUT2D eigenvalue weighted by Crippen LogP contribution is -2.11. The number of aromatic hydroxyl groups is 1. The van der Waals surface area contributed by atoms with Crippen molar-refractivity contribution in [3.8, 4) is 23.0 Å². The molecular weight excluding hydrogens is 228 g/mol. The standard InChI is InChI=1S/C11H10O6/c1-3-5-6(4-12)9-10(15-2)7(13)8(5)16-11(14)17-9/h4,13H,3H2,1-2H3. The predicted molar refractivity (Wildman–Crippen MR) is 56.1 cm³/mol. The number of rotatable bonds is 3. The topological polar surface area (TPSA) is 82.1 Å². The number of phenolic OH excluding ortho intramolecular Hbond substituents is 1. The molecule has 1 aromatic carbocycles. The number of benzene rings is 1. The van der Waals surface area contributed by atoms with Gasteiger partial charge in [0.15, 0.2) is 17.8 Å². The minimum Gasteiger partial charge on any atom is -0.502 e. The van der Waals surface area contributed by atoms with Gasteiger partial charge >= 0.3 is 6.16 Å². The summed E-state index contributed by atoms with van der Waals surface area (Å²) in [6, 6.07) is 0. The summed E-state index contributed by atoms with van der Waals surface area (Å²) in [6.07, 6.45) is -0.0528. The molecule has 2 aliphatic heterocycles. The summed E-state index contributed by atoms with van der Waals surface area (Å²) in [6.45, 7) is 1.76. The van der Waals surface area contributed by atoms with E-state index in [2.05, 4.69) is 0 Å². The van der Waals surface area contributed by atoms with Crippen LogP contribution in [-0.4, -0.2) is 24.7 Å². The number of carbonyl (C=O) groups excluding carboxylic acids is 2. The molecule has 0 radical (unpaired) electrons. The van der Waals surface area contributed by atoms with E-state index >= 15 is 0 Å². The molecule has 1 aromatic rings. The van der Waals surface area contributed by atoms with E-state index in [9.17, 15) is 14.7 Å². The molecule has 0 aliphatic carbocycles. The van der Waals surface area contributed by atoms with E-state index in [4.69, 9.17) is 14.2 Å². The fraction of sp³-hybridized carbons (Fsp3) is 0.273. The number of fused-ring (bicyclic) bond motifs is 4. The summed E-state index contributed by atoms with van der Waals surface area (Å²) in [7, 11) is 1.29. The van der Waals surface area contributed by atoms with Gasteiger partial charge < -0.3 is 19.3 Å². The van der Waals surface area contributed by atoms with Crippen LogP contribution < -0.4 is 14.2 Å². The predicted octanol–water partition coefficient (Wildman–Crippen LogP) is 1.67. The van der Waals surface area contributed by atoms with Crippen molar-refractivity contribution in [2.75, 3.05) is 7.11 Å². The second-order valence-electron chi connectivity index (χ2n) is 3.36. The van der Waals surface area contributed by atoms with E-state index < -0.39 is 6.16 Å². The zero-order valence-electron chi connectivity index (χ0n) is 9.27. The third kappa shape index (κ3) is 1.49. The summed E-state index contributed by atoms with van der Waals surface area (Å²) in [5.41, 5.74) is 0.571. The van der Waals surface area contributed by atoms with E-state index in [1.807, 2.05) is 0 Å². The molecule has 90 valence electrons. The highest BCUT2D eigenvalue weighted by atomic mass is 16.7. The monoisotopic (exact) mass is 238 g/mol. The first-order valence-electron chi connectivity index (χ1n) is 4.94. The van der Waals surface area contributed by atoms with E-state index in [-0.39, 0.29) is 28.6 Å². The number of carbonyl (C=O) groups is 2. The van der Waals surface area contributed by atoms with E-state index in [0.717, 1.165) is 0 Å². The average Bonchev–Trinajstić information content (AvgIpc) is 2.52. The maximum absolute atomic E-state index is 11.3. The Morgan fingerprint density at radius 3 is 2.53 bits per heavy atom. The molecule has 2 aliphatic rings. The Morgan fingerprint density at radius 2 is 2.00 bits per heavy atom. The van der Waals surface area contributed by atoms with Crippen molar-refractivity contribution in [3.63, 3.8) is 0 Å². The minimum atomic E-state index is -1.00. The van der Waals surface area contributed by atoms with E-state index in [1.54, 1.807) is 6.92 Å². The molecule has 6 nitrogen and oxygen atoms in total. The van der Waals surface area contributed by atoms with Crippen LogP contribution >= 0.6 is 0 Å². The lowest BCUT2D eigenvalue weighted by atomic mass is 10.0. The van der Waals surface area contributed by atoms with Crippen molar-refractivity contribution in [3.05, 3.63) is 11.1 Å². The lowest BCUT2D eigenvalue weighted by Gasteiger charge is -2.12. The Morgan fingerprint density at radius 1 is 1.35 bits per heavy atom. The lowest BCUT2D eigenvalue weighted by molar-refractivity contribution is 0.111. The summed E-state index contributed by atoms with van der Waals surface area (Å²) >= 11 is 0. The first-order valence-corrected chi connectivity index (χ1v) is 4.94. The zero-order chi connectivity index (χ0) is 12.6. The smallest absolute Gasteiger partial charge is 0.502 e. The summed E-state index contributed by atoms with van der Waals surface area (Å²) in [5.74, 6) is -0.609. The molecule has 17 heavy (non-hydrogen) atoms. The van der Waals surface area contributed by atoms with Crippen molar-refractivity contribution in [2.24, 2.45) is 0 Å². The highest BCUT2D eigenvalue weighted by molar-refractivity contribution is 5.91. The third-order valence-corrected chi connectivity index (χ3v) is 2.53. The SMILES string of the molecule is CCc1c(C=O)c2c(OC)c(O)c1OC(=O)O2. The van der Waals surface area contributed by atoms with Crippen LogP contribution in [0.4, 0.5) is 4.79 Å². The van der Waals surface area contributed by atoms with Crippen LogP contribution in [-0.2, 0) is 6.42 Å². The molecular formula is C11H10O6. The fourth-order valence-corrected chi connectivity index (χ4v) is 1.80. The van der Waals surface area contributed by atoms with Gasteiger partial charge in [0.05, 0.1) is 12.7 Å². The van der Waals surface area contributed by atoms with Crippen molar-refractivity contribution in [1.29, 1.82) is 0 Å². The molecule has 1 N–H and O–H groups in total. The quantitative estimate of drug-likeness (QED) is 0.490. The molecule has 0 saturated heterocycles. The highest BCUT2D eigenvalue weighted by Crippen LogP contribution is 2.50. The van der Waals surface area contributed by atoms with Crippen LogP contribution in [0.3, 0.4) is 0 Å². The van der Waals surface area contributed by atoms with Gasteiger partial charge in [-0.05, 0) is 6.42 Å². The van der Waals surface area contributed by atoms with Crippen LogP contribution in [0.5, 0.6) is 23.0 Å². The second-order valence-corrected chi connectivity index (χ2v) is 3.36. The van der Waals surface area contributed by atoms with Gasteiger partial charge in [-0.15, -0.1) is 0 Å². The van der Waals surface area contributed by atoms with E-state index in [0.29, 0.717) is 18.3 Å². The van der Waals surface area contributed by atoms with Gasteiger partial charge in [0, 0.05) is 5.56 Å². The Labute approximate surface area is 96.7 Å². The third-order valence-electron chi connectivity index (χ3n) is 2.53. The molecule has 0 unspecified atom stereocenters. The first-order chi connectivity index (χ1) is 8.13. The van der Waals surface area contributed by atoms with Crippen molar-refractivity contribution in [2.45, 2.75) is 13.3 Å². The summed E-state index contributed by atoms with van der Waals surface area (Å²) in [4.78, 5) is 22.3. The largest absolute Gasteiger partial charge is 0.519 e. The zero-order valence-corrected chi connectivity index (χ0v) is 9.27. The average molecular weight is 238 g/mol. The van der Waals surface area contributed by atoms with Crippen molar-refractivity contribution in [1.82, 2.24) is 0 Å². The van der Waals surface area contributed by atoms with Gasteiger partial charge in [-0.2, -0.15) is 0 Å². The molecule has 0 fully saturated rings. The van der Waals surface area contributed by atoms with Gasteiger partial charge in [-0.25, -0.2) is 4.79 Å². The van der Waals surface area contributed by atoms with E-state index in [1.165, 1.54) is 7.11 Å². The van der Waals surface area contributed by atoms with Gasteiger partial charge in [0.1, 0.15) is 0 Å². The first kappa shape index (κ1) is 11.3. The maximum Gasteiger partial charge on any atom is 0.519 e. The van der Waals surface area contributed by atoms with Crippen LogP contribution in [0.1, 0.15) is 22.8 Å². The van der Waals surface area contributed by atoms with Gasteiger partial charge in [0.25, 0.3) is 0 Å². The molecule has 3 rings (SSSR count). The Balaban J connectivity index is 2.85. The Hall–Kier alpha value is -2.24. The Kier molecular flexibility index (Phi) is 2.63. The number of hydrogen-bond donors (Lipinski definition) is 1. The number of phenols is 1. The van der Waals surface area contributed by atoms with Gasteiger partial charge in [-0.1, -0.05) is 6.92 Å². The number of ether oxygens (including phenoxy) is 3. The molecule has 0 spiro atoms. The fourth-order valence-electron chi connectivity index (χ4n) is 1.80. The normalized spacial score (nSPS) is 12.7. The summed E-state index contributed by atoms with van der Waals surface area (Å²) < 4.78 is 14.5. The second kappa shape index (κ2) is 3.97. The van der Waals surface area contributed by atoms with Crippen LogP contribution in [0.25, 0.3) is 0 Å². The minimum absolute atomic E-state index is 0.0786. The van der Waals surface area contributed by atoms with Crippen LogP contribution in [0, 0.1) is 0 Å². The molecule has 2 heterocycles. The molecule has 6 heteroatoms. The van der Waals surface area contributed by atoms with Gasteiger partial charge in [-0.3, -0.25) is 4.79 Å². The van der Waals surface area contributed by atoms with Crippen LogP contribution in [0.15, 0.2) is 0 Å². The molecule has 0 amide bonds. The molecule has 0 aromatic heterocycles. The molecule has 0 saturated carbocycles. The summed E-state index contributed by atoms with van der Waals surface area (Å²) in [5, 5.41) is 9.86. The van der Waals surface area contributed by atoms with Gasteiger partial charge in [0.2, 0.25) is 11.5 Å². The maximum atomic E-state index is 11.3. The molecule has 2 bridgehead atoms. The van der Waals surface area contributed by atoms with Crippen LogP contribution in [0.2, 0.25) is 0 Å². The Bertz CT molecular complexity index is 505. The van der Waals surface area contributed by atoms with Crippen molar-refractivity contribution < 1.29 is 28.9 Å². The van der Waals surface area contributed by atoms with Crippen molar-refractivity contribution >= 4 is 12.4 Å². The number of methoxy groups -OCH3 is 1.